The van der Waals surface area contributed by atoms with Gasteiger partial charge in [0, 0.05) is 31.9 Å². The molecule has 0 saturated carbocycles. The first-order chi connectivity index (χ1) is 8.70. The van der Waals surface area contributed by atoms with E-state index in [4.69, 9.17) is 5.73 Å². The van der Waals surface area contributed by atoms with Crippen LogP contribution in [0, 0.1) is 5.41 Å². The highest BCUT2D eigenvalue weighted by atomic mass is 16.2. The predicted molar refractivity (Wildman–Crippen MR) is 79.5 cm³/mol. The standard InChI is InChI=1S/C15H23N3O/c1-15(2,3)9-17(4)10-6-7-11-12(8-10)18(5)14(19)13(11)16/h6-8,13H,9,16H2,1-5H3. The summed E-state index contributed by atoms with van der Waals surface area (Å²) in [6, 6.07) is 5.54. The molecular weight excluding hydrogens is 238 g/mol. The molecule has 104 valence electrons. The van der Waals surface area contributed by atoms with Crippen LogP contribution in [-0.4, -0.2) is 26.5 Å². The van der Waals surface area contributed by atoms with E-state index in [-0.39, 0.29) is 11.3 Å². The fraction of sp³-hybridized carbons (Fsp3) is 0.533. The Kier molecular flexibility index (Phi) is 3.31. The van der Waals surface area contributed by atoms with Gasteiger partial charge in [-0.2, -0.15) is 0 Å². The molecule has 1 aliphatic heterocycles. The highest BCUT2D eigenvalue weighted by molar-refractivity contribution is 6.04. The van der Waals surface area contributed by atoms with Gasteiger partial charge in [-0.15, -0.1) is 0 Å². The minimum absolute atomic E-state index is 0.0365. The molecule has 0 bridgehead atoms. The minimum atomic E-state index is -0.512. The summed E-state index contributed by atoms with van der Waals surface area (Å²) >= 11 is 0. The van der Waals surface area contributed by atoms with Gasteiger partial charge in [-0.05, 0) is 17.5 Å². The number of rotatable bonds is 2. The van der Waals surface area contributed by atoms with Gasteiger partial charge in [-0.3, -0.25) is 4.79 Å². The smallest absolute Gasteiger partial charge is 0.248 e. The molecule has 0 aliphatic carbocycles. The summed E-state index contributed by atoms with van der Waals surface area (Å²) in [6.45, 7) is 7.59. The molecule has 0 fully saturated rings. The molecule has 1 aromatic carbocycles. The van der Waals surface area contributed by atoms with Crippen LogP contribution in [0.15, 0.2) is 18.2 Å². The summed E-state index contributed by atoms with van der Waals surface area (Å²) < 4.78 is 0. The maximum atomic E-state index is 11.9. The third kappa shape index (κ3) is 2.59. The Labute approximate surface area is 115 Å². The average Bonchev–Trinajstić information content (AvgIpc) is 2.52. The molecular formula is C15H23N3O. The number of nitrogens with zero attached hydrogens (tertiary/aromatic N) is 2. The van der Waals surface area contributed by atoms with Gasteiger partial charge in [0.05, 0.1) is 5.69 Å². The number of hydrogen-bond acceptors (Lipinski definition) is 3. The number of hydrogen-bond donors (Lipinski definition) is 1. The minimum Gasteiger partial charge on any atom is -0.374 e. The van der Waals surface area contributed by atoms with Gasteiger partial charge >= 0.3 is 0 Å². The van der Waals surface area contributed by atoms with Gasteiger partial charge < -0.3 is 15.5 Å². The predicted octanol–water partition coefficient (Wildman–Crippen LogP) is 2.15. The van der Waals surface area contributed by atoms with Crippen LogP contribution in [0.4, 0.5) is 11.4 Å². The van der Waals surface area contributed by atoms with Crippen molar-refractivity contribution in [3.8, 4) is 0 Å². The normalized spacial score (nSPS) is 18.7. The third-order valence-corrected chi connectivity index (χ3v) is 3.46. The number of fused-ring (bicyclic) bond motifs is 1. The second-order valence-corrected chi connectivity index (χ2v) is 6.53. The zero-order valence-corrected chi connectivity index (χ0v) is 12.4. The number of nitrogens with two attached hydrogens (primary N) is 1. The van der Waals surface area contributed by atoms with Crippen LogP contribution >= 0.6 is 0 Å². The van der Waals surface area contributed by atoms with Crippen LogP contribution in [0.3, 0.4) is 0 Å². The maximum Gasteiger partial charge on any atom is 0.248 e. The Balaban J connectivity index is 2.30. The van der Waals surface area contributed by atoms with E-state index in [1.54, 1.807) is 11.9 Å². The average molecular weight is 261 g/mol. The van der Waals surface area contributed by atoms with Crippen molar-refractivity contribution in [2.75, 3.05) is 30.4 Å². The molecule has 1 unspecified atom stereocenters. The lowest BCUT2D eigenvalue weighted by molar-refractivity contribution is -0.118. The first-order valence-electron chi connectivity index (χ1n) is 6.59. The number of amides is 1. The van der Waals surface area contributed by atoms with Crippen molar-refractivity contribution < 1.29 is 4.79 Å². The van der Waals surface area contributed by atoms with E-state index in [1.807, 2.05) is 18.2 Å². The topological polar surface area (TPSA) is 49.6 Å². The van der Waals surface area contributed by atoms with Crippen molar-refractivity contribution in [3.05, 3.63) is 23.8 Å². The second kappa shape index (κ2) is 4.53. The van der Waals surface area contributed by atoms with Gasteiger partial charge in [0.15, 0.2) is 0 Å². The second-order valence-electron chi connectivity index (χ2n) is 6.53. The Morgan fingerprint density at radius 1 is 1.37 bits per heavy atom. The lowest BCUT2D eigenvalue weighted by atomic mass is 9.96. The van der Waals surface area contributed by atoms with E-state index in [2.05, 4.69) is 32.7 Å². The quantitative estimate of drug-likeness (QED) is 0.887. The Bertz CT molecular complexity index is 505. The molecule has 1 heterocycles. The van der Waals surface area contributed by atoms with Crippen LogP contribution < -0.4 is 15.5 Å². The summed E-state index contributed by atoms with van der Waals surface area (Å²) in [4.78, 5) is 15.7. The number of likely N-dealkylation sites (N-methyl/N-ethyl adjacent to an activating group) is 1. The van der Waals surface area contributed by atoms with Crippen LogP contribution in [0.1, 0.15) is 32.4 Å². The molecule has 1 amide bonds. The first-order valence-corrected chi connectivity index (χ1v) is 6.59. The van der Waals surface area contributed by atoms with Crippen molar-refractivity contribution in [1.82, 2.24) is 0 Å². The van der Waals surface area contributed by atoms with E-state index in [0.717, 1.165) is 23.5 Å². The monoisotopic (exact) mass is 261 g/mol. The highest BCUT2D eigenvalue weighted by Gasteiger charge is 2.32. The number of carbonyl (C=O) groups is 1. The lowest BCUT2D eigenvalue weighted by Crippen LogP contribution is -2.29. The van der Waals surface area contributed by atoms with Crippen LogP contribution in [0.25, 0.3) is 0 Å². The number of benzene rings is 1. The molecule has 0 spiro atoms. The van der Waals surface area contributed by atoms with Crippen molar-refractivity contribution >= 4 is 17.3 Å². The fourth-order valence-electron chi connectivity index (χ4n) is 2.59. The molecule has 0 saturated heterocycles. The summed E-state index contributed by atoms with van der Waals surface area (Å²) in [5.74, 6) is -0.0365. The summed E-state index contributed by atoms with van der Waals surface area (Å²) in [5.41, 5.74) is 9.09. The third-order valence-electron chi connectivity index (χ3n) is 3.46. The van der Waals surface area contributed by atoms with Crippen molar-refractivity contribution in [2.24, 2.45) is 11.1 Å². The highest BCUT2D eigenvalue weighted by Crippen LogP contribution is 2.36. The van der Waals surface area contributed by atoms with Crippen molar-refractivity contribution in [2.45, 2.75) is 26.8 Å². The molecule has 1 atom stereocenters. The molecule has 2 N–H and O–H groups in total. The Morgan fingerprint density at radius 2 is 2.00 bits per heavy atom. The van der Waals surface area contributed by atoms with E-state index in [0.29, 0.717) is 0 Å². The summed E-state index contributed by atoms with van der Waals surface area (Å²) in [7, 11) is 3.85. The van der Waals surface area contributed by atoms with Gasteiger partial charge in [0.25, 0.3) is 0 Å². The number of anilines is 2. The van der Waals surface area contributed by atoms with Crippen molar-refractivity contribution in [3.63, 3.8) is 0 Å². The molecule has 2 rings (SSSR count). The lowest BCUT2D eigenvalue weighted by Gasteiger charge is -2.28. The van der Waals surface area contributed by atoms with Crippen LogP contribution in [0.5, 0.6) is 0 Å². The van der Waals surface area contributed by atoms with E-state index in [1.165, 1.54) is 0 Å². The SMILES string of the molecule is CN(CC(C)(C)C)c1ccc2c(c1)N(C)C(=O)C2N. The Morgan fingerprint density at radius 3 is 2.58 bits per heavy atom. The van der Waals surface area contributed by atoms with Crippen LogP contribution in [0.2, 0.25) is 0 Å². The maximum absolute atomic E-state index is 11.9. The molecule has 1 aromatic rings. The summed E-state index contributed by atoms with van der Waals surface area (Å²) in [6.07, 6.45) is 0. The zero-order valence-electron chi connectivity index (χ0n) is 12.4. The fourth-order valence-corrected chi connectivity index (χ4v) is 2.59. The van der Waals surface area contributed by atoms with E-state index in [9.17, 15) is 4.79 Å². The van der Waals surface area contributed by atoms with Crippen LogP contribution in [-0.2, 0) is 4.79 Å². The Hall–Kier alpha value is -1.55. The van der Waals surface area contributed by atoms with E-state index >= 15 is 0 Å². The van der Waals surface area contributed by atoms with Gasteiger partial charge in [-0.25, -0.2) is 0 Å². The molecule has 0 radical (unpaired) electrons. The molecule has 1 aliphatic rings. The van der Waals surface area contributed by atoms with Gasteiger partial charge in [-0.1, -0.05) is 26.8 Å². The van der Waals surface area contributed by atoms with Gasteiger partial charge in [0.1, 0.15) is 6.04 Å². The molecule has 4 heteroatoms. The molecule has 0 aromatic heterocycles. The largest absolute Gasteiger partial charge is 0.374 e. The summed E-state index contributed by atoms with van der Waals surface area (Å²) in [5, 5.41) is 0. The molecule has 19 heavy (non-hydrogen) atoms. The number of carbonyl (C=O) groups excluding carboxylic acids is 1. The van der Waals surface area contributed by atoms with Gasteiger partial charge in [0.2, 0.25) is 5.91 Å². The van der Waals surface area contributed by atoms with Crippen molar-refractivity contribution in [1.29, 1.82) is 0 Å². The zero-order chi connectivity index (χ0) is 14.4. The first kappa shape index (κ1) is 13.9. The molecule has 4 nitrogen and oxygen atoms in total. The van der Waals surface area contributed by atoms with E-state index < -0.39 is 6.04 Å².